The minimum absolute atomic E-state index is 0.0567. The van der Waals surface area contributed by atoms with E-state index in [2.05, 4.69) is 26.9 Å². The lowest BCUT2D eigenvalue weighted by atomic mass is 10.2. The molecule has 0 N–H and O–H groups in total. The molecule has 1 fully saturated rings. The van der Waals surface area contributed by atoms with Crippen LogP contribution >= 0.6 is 0 Å². The second-order valence-electron chi connectivity index (χ2n) is 7.33. The van der Waals surface area contributed by atoms with Crippen LogP contribution in [0.15, 0.2) is 34.9 Å². The van der Waals surface area contributed by atoms with E-state index in [0.717, 1.165) is 38.3 Å². The number of hydrogen-bond acceptors (Lipinski definition) is 7. The Balaban J connectivity index is 1.48. The van der Waals surface area contributed by atoms with Gasteiger partial charge >= 0.3 is 0 Å². The van der Waals surface area contributed by atoms with Crippen LogP contribution in [0, 0.1) is 0 Å². The quantitative estimate of drug-likeness (QED) is 0.659. The molecule has 1 aromatic carbocycles. The van der Waals surface area contributed by atoms with Gasteiger partial charge in [-0.1, -0.05) is 35.5 Å². The highest BCUT2D eigenvalue weighted by atomic mass is 32.2. The zero-order chi connectivity index (χ0) is 20.1. The third kappa shape index (κ3) is 5.16. The third-order valence-corrected chi connectivity index (χ3v) is 7.14. The number of aromatic nitrogens is 2. The van der Waals surface area contributed by atoms with E-state index in [1.165, 1.54) is 4.31 Å². The van der Waals surface area contributed by atoms with Gasteiger partial charge in [0.1, 0.15) is 0 Å². The van der Waals surface area contributed by atoms with E-state index < -0.39 is 10.0 Å². The van der Waals surface area contributed by atoms with Gasteiger partial charge in [0.05, 0.1) is 11.8 Å². The van der Waals surface area contributed by atoms with E-state index in [0.29, 0.717) is 18.1 Å². The van der Waals surface area contributed by atoms with Crippen LogP contribution in [0.2, 0.25) is 0 Å². The summed E-state index contributed by atoms with van der Waals surface area (Å²) in [7, 11) is 0.0480. The maximum Gasteiger partial charge on any atom is 0.244 e. The monoisotopic (exact) mass is 407 g/mol. The lowest BCUT2D eigenvalue weighted by molar-refractivity contribution is 0.0885. The second kappa shape index (κ2) is 9.13. The van der Waals surface area contributed by atoms with E-state index >= 15 is 0 Å². The molecule has 28 heavy (non-hydrogen) atoms. The molecule has 1 aliphatic rings. The van der Waals surface area contributed by atoms with Gasteiger partial charge in [-0.15, -0.1) is 0 Å². The first kappa shape index (κ1) is 20.9. The number of nitrogens with zero attached hydrogens (tertiary/aromatic N) is 5. The van der Waals surface area contributed by atoms with Crippen molar-refractivity contribution >= 4 is 10.0 Å². The van der Waals surface area contributed by atoms with Crippen LogP contribution in [-0.4, -0.2) is 85.2 Å². The lowest BCUT2D eigenvalue weighted by Crippen LogP contribution is -2.47. The number of piperazine rings is 1. The van der Waals surface area contributed by atoms with Crippen LogP contribution < -0.4 is 0 Å². The summed E-state index contributed by atoms with van der Waals surface area (Å²) in [5.41, 5.74) is 0.946. The molecule has 1 saturated heterocycles. The average molecular weight is 408 g/mol. The Kier molecular flexibility index (Phi) is 6.82. The Bertz CT molecular complexity index is 845. The van der Waals surface area contributed by atoms with Crippen molar-refractivity contribution in [1.82, 2.24) is 24.2 Å². The Morgan fingerprint density at radius 2 is 1.82 bits per heavy atom. The molecule has 0 radical (unpaired) electrons. The Morgan fingerprint density at radius 3 is 2.46 bits per heavy atom. The molecule has 1 aromatic heterocycles. The van der Waals surface area contributed by atoms with Crippen molar-refractivity contribution in [3.8, 4) is 11.4 Å². The van der Waals surface area contributed by atoms with Crippen molar-refractivity contribution in [2.24, 2.45) is 0 Å². The summed E-state index contributed by atoms with van der Waals surface area (Å²) in [6, 6.07) is 9.86. The summed E-state index contributed by atoms with van der Waals surface area (Å²) in [4.78, 5) is 9.21. The molecule has 0 spiro atoms. The van der Waals surface area contributed by atoms with Crippen molar-refractivity contribution in [3.05, 3.63) is 36.2 Å². The van der Waals surface area contributed by atoms with Crippen LogP contribution in [0.25, 0.3) is 11.4 Å². The van der Waals surface area contributed by atoms with E-state index in [-0.39, 0.29) is 11.8 Å². The highest BCUT2D eigenvalue weighted by Crippen LogP contribution is 2.23. The molecule has 3 rings (SSSR count). The van der Waals surface area contributed by atoms with Gasteiger partial charge in [-0.25, -0.2) is 12.7 Å². The van der Waals surface area contributed by atoms with Crippen LogP contribution in [0.3, 0.4) is 0 Å². The highest BCUT2D eigenvalue weighted by Gasteiger charge is 2.26. The molecule has 154 valence electrons. The molecule has 0 saturated carbocycles. The van der Waals surface area contributed by atoms with Crippen molar-refractivity contribution < 1.29 is 12.9 Å². The minimum Gasteiger partial charge on any atom is -0.337 e. The molecule has 1 aliphatic heterocycles. The molecule has 2 aromatic rings. The number of sulfonamides is 1. The normalized spacial score (nSPS) is 17.9. The molecule has 1 unspecified atom stereocenters. The Labute approximate surface area is 167 Å². The molecule has 0 amide bonds. The summed E-state index contributed by atoms with van der Waals surface area (Å²) < 4.78 is 30.5. The van der Waals surface area contributed by atoms with E-state index in [9.17, 15) is 8.42 Å². The SMILES string of the molecule is CC(c1nc(-c2ccccc2)no1)N1CCN(CCCS(=O)(=O)N(C)C)CC1. The largest absolute Gasteiger partial charge is 0.337 e. The predicted molar refractivity (Wildman–Crippen MR) is 108 cm³/mol. The van der Waals surface area contributed by atoms with Crippen molar-refractivity contribution in [3.63, 3.8) is 0 Å². The van der Waals surface area contributed by atoms with E-state index in [4.69, 9.17) is 4.52 Å². The lowest BCUT2D eigenvalue weighted by Gasteiger charge is -2.36. The Morgan fingerprint density at radius 1 is 1.14 bits per heavy atom. The first-order valence-electron chi connectivity index (χ1n) is 9.62. The fourth-order valence-electron chi connectivity index (χ4n) is 3.29. The van der Waals surface area contributed by atoms with Gasteiger partial charge in [0.15, 0.2) is 0 Å². The number of hydrogen-bond donors (Lipinski definition) is 0. The molecular weight excluding hydrogens is 378 g/mol. The predicted octanol–water partition coefficient (Wildman–Crippen LogP) is 1.70. The van der Waals surface area contributed by atoms with Crippen LogP contribution in [-0.2, 0) is 10.0 Å². The molecule has 1 atom stereocenters. The van der Waals surface area contributed by atoms with E-state index in [1.807, 2.05) is 30.3 Å². The summed E-state index contributed by atoms with van der Waals surface area (Å²) in [5.74, 6) is 1.44. The average Bonchev–Trinajstić information content (AvgIpc) is 3.19. The summed E-state index contributed by atoms with van der Waals surface area (Å²) in [6.07, 6.45) is 0.653. The van der Waals surface area contributed by atoms with Crippen LogP contribution in [0.1, 0.15) is 25.3 Å². The number of benzene rings is 1. The third-order valence-electron chi connectivity index (χ3n) is 5.22. The standard InChI is InChI=1S/C19H29N5O3S/c1-16(19-20-18(21-27-19)17-8-5-4-6-9-17)24-13-11-23(12-14-24)10-7-15-28(25,26)22(2)3/h4-6,8-9,16H,7,10-15H2,1-3H3. The van der Waals surface area contributed by atoms with Crippen molar-refractivity contribution in [1.29, 1.82) is 0 Å². The first-order chi connectivity index (χ1) is 13.4. The maximum absolute atomic E-state index is 11.9. The van der Waals surface area contributed by atoms with Crippen LogP contribution in [0.5, 0.6) is 0 Å². The summed E-state index contributed by atoms with van der Waals surface area (Å²) in [6.45, 7) is 6.49. The highest BCUT2D eigenvalue weighted by molar-refractivity contribution is 7.89. The summed E-state index contributed by atoms with van der Waals surface area (Å²) >= 11 is 0. The van der Waals surface area contributed by atoms with Crippen molar-refractivity contribution in [2.45, 2.75) is 19.4 Å². The fraction of sp³-hybridized carbons (Fsp3) is 0.579. The van der Waals surface area contributed by atoms with Gasteiger partial charge in [-0.3, -0.25) is 4.90 Å². The van der Waals surface area contributed by atoms with Crippen molar-refractivity contribution in [2.75, 3.05) is 52.6 Å². The van der Waals surface area contributed by atoms with Gasteiger partial charge in [0.2, 0.25) is 21.7 Å². The zero-order valence-corrected chi connectivity index (χ0v) is 17.6. The molecule has 2 heterocycles. The van der Waals surface area contributed by atoms with E-state index in [1.54, 1.807) is 14.1 Å². The zero-order valence-electron chi connectivity index (χ0n) is 16.8. The van der Waals surface area contributed by atoms with Gasteiger partial charge in [-0.05, 0) is 19.9 Å². The Hall–Kier alpha value is -1.81. The molecule has 9 heteroatoms. The molecule has 8 nitrogen and oxygen atoms in total. The van der Waals surface area contributed by atoms with Gasteiger partial charge < -0.3 is 9.42 Å². The van der Waals surface area contributed by atoms with Gasteiger partial charge in [-0.2, -0.15) is 4.98 Å². The van der Waals surface area contributed by atoms with Gasteiger partial charge in [0.25, 0.3) is 0 Å². The molecular formula is C19H29N5O3S. The smallest absolute Gasteiger partial charge is 0.244 e. The summed E-state index contributed by atoms with van der Waals surface area (Å²) in [5, 5.41) is 4.11. The topological polar surface area (TPSA) is 82.8 Å². The number of rotatable bonds is 8. The molecule has 0 bridgehead atoms. The van der Waals surface area contributed by atoms with Gasteiger partial charge in [0, 0.05) is 45.8 Å². The molecule has 0 aliphatic carbocycles. The maximum atomic E-state index is 11.9. The minimum atomic E-state index is -3.11. The second-order valence-corrected chi connectivity index (χ2v) is 9.63. The first-order valence-corrected chi connectivity index (χ1v) is 11.2. The van der Waals surface area contributed by atoms with Crippen LogP contribution in [0.4, 0.5) is 0 Å². The fourth-order valence-corrected chi connectivity index (χ4v) is 4.15.